The van der Waals surface area contributed by atoms with Crippen molar-refractivity contribution in [3.05, 3.63) is 29.8 Å². The van der Waals surface area contributed by atoms with E-state index >= 15 is 0 Å². The Labute approximate surface area is 100 Å². The van der Waals surface area contributed by atoms with E-state index in [2.05, 4.69) is 0 Å². The number of ether oxygens (including phenoxy) is 1. The lowest BCUT2D eigenvalue weighted by Crippen LogP contribution is -2.33. The van der Waals surface area contributed by atoms with E-state index in [9.17, 15) is 4.79 Å². The van der Waals surface area contributed by atoms with Crippen LogP contribution >= 0.6 is 0 Å². The second-order valence-electron chi connectivity index (χ2n) is 3.69. The van der Waals surface area contributed by atoms with E-state index in [0.717, 1.165) is 0 Å². The number of rotatable bonds is 6. The third-order valence-corrected chi connectivity index (χ3v) is 2.15. The molecule has 0 aliphatic heterocycles. The van der Waals surface area contributed by atoms with Gasteiger partial charge in [0.25, 0.3) is 0 Å². The van der Waals surface area contributed by atoms with Crippen LogP contribution in [0.25, 0.3) is 0 Å². The second kappa shape index (κ2) is 6.51. The first kappa shape index (κ1) is 13.0. The van der Waals surface area contributed by atoms with Crippen LogP contribution in [0.3, 0.4) is 0 Å². The number of carbonyl (C=O) groups excluding carboxylic acids is 1. The summed E-state index contributed by atoms with van der Waals surface area (Å²) in [5, 5.41) is 8.62. The van der Waals surface area contributed by atoms with E-state index in [1.54, 1.807) is 36.2 Å². The minimum absolute atomic E-state index is 0.219. The Hall–Kier alpha value is -2.06. The van der Waals surface area contributed by atoms with E-state index in [1.165, 1.54) is 0 Å². The molecule has 0 spiro atoms. The van der Waals surface area contributed by atoms with Gasteiger partial charge in [0.15, 0.2) is 0 Å². The van der Waals surface area contributed by atoms with Crippen molar-refractivity contribution in [1.82, 2.24) is 4.90 Å². The standard InChI is InChI=1S/C12H15N3O2/c1-15(9-12(14)16)6-7-17-11-4-2-10(8-13)3-5-11/h2-5H,6-7,9H2,1H3,(H2,14,16). The molecule has 90 valence electrons. The summed E-state index contributed by atoms with van der Waals surface area (Å²) in [6.07, 6.45) is 0. The summed E-state index contributed by atoms with van der Waals surface area (Å²) in [4.78, 5) is 12.4. The van der Waals surface area contributed by atoms with E-state index < -0.39 is 0 Å². The first-order valence-corrected chi connectivity index (χ1v) is 5.21. The molecular weight excluding hydrogens is 218 g/mol. The molecule has 17 heavy (non-hydrogen) atoms. The number of primary amides is 1. The van der Waals surface area contributed by atoms with Crippen molar-refractivity contribution in [3.8, 4) is 11.8 Å². The Balaban J connectivity index is 2.31. The van der Waals surface area contributed by atoms with Gasteiger partial charge >= 0.3 is 0 Å². The molecular formula is C12H15N3O2. The first-order valence-electron chi connectivity index (χ1n) is 5.21. The number of nitrogens with zero attached hydrogens (tertiary/aromatic N) is 2. The Kier molecular flexibility index (Phi) is 4.98. The molecule has 1 aromatic carbocycles. The number of benzene rings is 1. The summed E-state index contributed by atoms with van der Waals surface area (Å²) >= 11 is 0. The van der Waals surface area contributed by atoms with Gasteiger partial charge in [0.2, 0.25) is 5.91 Å². The largest absolute Gasteiger partial charge is 0.492 e. The van der Waals surface area contributed by atoms with E-state index in [-0.39, 0.29) is 12.5 Å². The lowest BCUT2D eigenvalue weighted by atomic mass is 10.2. The summed E-state index contributed by atoms with van der Waals surface area (Å²) in [6, 6.07) is 8.91. The van der Waals surface area contributed by atoms with Gasteiger partial charge in [0.1, 0.15) is 12.4 Å². The predicted molar refractivity (Wildman–Crippen MR) is 63.3 cm³/mol. The molecule has 0 atom stereocenters. The predicted octanol–water partition coefficient (Wildman–Crippen LogP) is 0.354. The van der Waals surface area contributed by atoms with E-state index in [4.69, 9.17) is 15.7 Å². The van der Waals surface area contributed by atoms with Gasteiger partial charge < -0.3 is 10.5 Å². The first-order chi connectivity index (χ1) is 8.11. The molecule has 0 saturated heterocycles. The fourth-order valence-corrected chi connectivity index (χ4v) is 1.29. The quantitative estimate of drug-likeness (QED) is 0.769. The summed E-state index contributed by atoms with van der Waals surface area (Å²) in [5.74, 6) is 0.349. The van der Waals surface area contributed by atoms with Crippen molar-refractivity contribution in [3.63, 3.8) is 0 Å². The van der Waals surface area contributed by atoms with Crippen molar-refractivity contribution >= 4 is 5.91 Å². The van der Waals surface area contributed by atoms with Crippen LogP contribution in [-0.2, 0) is 4.79 Å². The second-order valence-corrected chi connectivity index (χ2v) is 3.69. The number of carbonyl (C=O) groups is 1. The maximum absolute atomic E-state index is 10.6. The number of hydrogen-bond acceptors (Lipinski definition) is 4. The Bertz CT molecular complexity index is 409. The molecule has 0 fully saturated rings. The molecule has 0 bridgehead atoms. The Morgan fingerprint density at radius 1 is 1.47 bits per heavy atom. The Morgan fingerprint density at radius 3 is 2.65 bits per heavy atom. The molecule has 0 aliphatic carbocycles. The Morgan fingerprint density at radius 2 is 2.12 bits per heavy atom. The van der Waals surface area contributed by atoms with Crippen LogP contribution in [0.4, 0.5) is 0 Å². The highest BCUT2D eigenvalue weighted by Crippen LogP contribution is 2.11. The molecule has 0 aliphatic rings. The smallest absolute Gasteiger partial charge is 0.231 e. The van der Waals surface area contributed by atoms with Gasteiger partial charge in [-0.05, 0) is 31.3 Å². The lowest BCUT2D eigenvalue weighted by molar-refractivity contribution is -0.118. The number of likely N-dealkylation sites (N-methyl/N-ethyl adjacent to an activating group) is 1. The van der Waals surface area contributed by atoms with Crippen molar-refractivity contribution in [2.45, 2.75) is 0 Å². The normalized spacial score (nSPS) is 9.94. The van der Waals surface area contributed by atoms with Crippen LogP contribution in [0, 0.1) is 11.3 Å². The number of nitrogens with two attached hydrogens (primary N) is 1. The van der Waals surface area contributed by atoms with Gasteiger partial charge in [-0.3, -0.25) is 9.69 Å². The van der Waals surface area contributed by atoms with Gasteiger partial charge in [-0.15, -0.1) is 0 Å². The van der Waals surface area contributed by atoms with Gasteiger partial charge in [0, 0.05) is 6.54 Å². The maximum Gasteiger partial charge on any atom is 0.231 e. The fraction of sp³-hybridized carbons (Fsp3) is 0.333. The maximum atomic E-state index is 10.6. The van der Waals surface area contributed by atoms with Gasteiger partial charge in [-0.25, -0.2) is 0 Å². The highest BCUT2D eigenvalue weighted by atomic mass is 16.5. The minimum Gasteiger partial charge on any atom is -0.492 e. The van der Waals surface area contributed by atoms with Gasteiger partial charge in [0.05, 0.1) is 18.2 Å². The van der Waals surface area contributed by atoms with Crippen LogP contribution in [0.1, 0.15) is 5.56 Å². The highest BCUT2D eigenvalue weighted by Gasteiger charge is 2.02. The zero-order valence-electron chi connectivity index (χ0n) is 9.72. The van der Waals surface area contributed by atoms with Crippen LogP contribution in [0.15, 0.2) is 24.3 Å². The highest BCUT2D eigenvalue weighted by molar-refractivity contribution is 5.75. The minimum atomic E-state index is -0.356. The lowest BCUT2D eigenvalue weighted by Gasteiger charge is -2.14. The molecule has 0 aromatic heterocycles. The molecule has 1 rings (SSSR count). The van der Waals surface area contributed by atoms with E-state index in [0.29, 0.717) is 24.5 Å². The fourth-order valence-electron chi connectivity index (χ4n) is 1.29. The van der Waals surface area contributed by atoms with Gasteiger partial charge in [-0.2, -0.15) is 5.26 Å². The summed E-state index contributed by atoms with van der Waals surface area (Å²) in [7, 11) is 1.80. The average Bonchev–Trinajstić information content (AvgIpc) is 2.29. The summed E-state index contributed by atoms with van der Waals surface area (Å²) in [6.45, 7) is 1.30. The molecule has 0 heterocycles. The summed E-state index contributed by atoms with van der Waals surface area (Å²) < 4.78 is 5.45. The SMILES string of the molecule is CN(CCOc1ccc(C#N)cc1)CC(N)=O. The van der Waals surface area contributed by atoms with Crippen molar-refractivity contribution < 1.29 is 9.53 Å². The van der Waals surface area contributed by atoms with Crippen molar-refractivity contribution in [2.24, 2.45) is 5.73 Å². The number of hydrogen-bond donors (Lipinski definition) is 1. The van der Waals surface area contributed by atoms with Crippen LogP contribution in [-0.4, -0.2) is 37.6 Å². The zero-order chi connectivity index (χ0) is 12.7. The topological polar surface area (TPSA) is 79.3 Å². The summed E-state index contributed by atoms with van der Waals surface area (Å²) in [5.41, 5.74) is 5.66. The van der Waals surface area contributed by atoms with Gasteiger partial charge in [-0.1, -0.05) is 0 Å². The molecule has 1 amide bonds. The van der Waals surface area contributed by atoms with Crippen molar-refractivity contribution in [1.29, 1.82) is 5.26 Å². The average molecular weight is 233 g/mol. The number of amides is 1. The molecule has 1 aromatic rings. The van der Waals surface area contributed by atoms with Crippen LogP contribution in [0.2, 0.25) is 0 Å². The van der Waals surface area contributed by atoms with Crippen molar-refractivity contribution in [2.75, 3.05) is 26.7 Å². The molecule has 5 nitrogen and oxygen atoms in total. The monoisotopic (exact) mass is 233 g/mol. The van der Waals surface area contributed by atoms with Crippen LogP contribution in [0.5, 0.6) is 5.75 Å². The third kappa shape index (κ3) is 5.00. The molecule has 5 heteroatoms. The molecule has 0 radical (unpaired) electrons. The molecule has 2 N–H and O–H groups in total. The number of nitriles is 1. The molecule has 0 saturated carbocycles. The molecule has 0 unspecified atom stereocenters. The van der Waals surface area contributed by atoms with E-state index in [1.807, 2.05) is 6.07 Å². The van der Waals surface area contributed by atoms with Crippen LogP contribution < -0.4 is 10.5 Å². The zero-order valence-corrected chi connectivity index (χ0v) is 9.72. The third-order valence-electron chi connectivity index (χ3n) is 2.15.